The minimum atomic E-state index is -3.38. The molecule has 0 aromatic heterocycles. The van der Waals surface area contributed by atoms with Crippen molar-refractivity contribution in [1.82, 2.24) is 9.62 Å². The van der Waals surface area contributed by atoms with E-state index in [0.717, 1.165) is 29.4 Å². The van der Waals surface area contributed by atoms with E-state index in [9.17, 15) is 8.42 Å². The third-order valence-corrected chi connectivity index (χ3v) is 6.47. The number of hydrogen-bond acceptors (Lipinski definition) is 3. The predicted molar refractivity (Wildman–Crippen MR) is 91.5 cm³/mol. The standard InChI is InChI=1S/C14H21BrN2O2S.ClH/c1-11-5-6-13(8-14(11)15)20(18,19)17-7-3-4-12(10-17)9-16-2;/h5-6,8,12,16H,3-4,7,9-10H2,1-2H3;1H. The third kappa shape index (κ3) is 4.42. The molecule has 1 aliphatic rings. The Hall–Kier alpha value is -0.140. The molecule has 4 nitrogen and oxygen atoms in total. The molecular formula is C14H22BrClN2O2S. The van der Waals surface area contributed by atoms with Gasteiger partial charge in [-0.25, -0.2) is 8.42 Å². The van der Waals surface area contributed by atoms with Crippen LogP contribution in [0.25, 0.3) is 0 Å². The van der Waals surface area contributed by atoms with Gasteiger partial charge in [0.05, 0.1) is 4.90 Å². The average Bonchev–Trinajstić information content (AvgIpc) is 2.42. The van der Waals surface area contributed by atoms with E-state index < -0.39 is 10.0 Å². The van der Waals surface area contributed by atoms with Gasteiger partial charge in [0.15, 0.2) is 0 Å². The second-order valence-electron chi connectivity index (χ2n) is 5.34. The molecule has 0 spiro atoms. The van der Waals surface area contributed by atoms with E-state index in [2.05, 4.69) is 21.2 Å². The Labute approximate surface area is 141 Å². The Kier molecular flexibility index (Phi) is 7.13. The summed E-state index contributed by atoms with van der Waals surface area (Å²) in [4.78, 5) is 0.375. The molecule has 120 valence electrons. The lowest BCUT2D eigenvalue weighted by atomic mass is 10.00. The first kappa shape index (κ1) is 18.9. The zero-order chi connectivity index (χ0) is 14.8. The molecule has 1 aromatic rings. The summed E-state index contributed by atoms with van der Waals surface area (Å²) < 4.78 is 27.8. The lowest BCUT2D eigenvalue weighted by molar-refractivity contribution is 0.263. The van der Waals surface area contributed by atoms with Crippen LogP contribution in [0.2, 0.25) is 0 Å². The van der Waals surface area contributed by atoms with Gasteiger partial charge in [-0.2, -0.15) is 4.31 Å². The fraction of sp³-hybridized carbons (Fsp3) is 0.571. The molecule has 21 heavy (non-hydrogen) atoms. The van der Waals surface area contributed by atoms with Crippen molar-refractivity contribution in [2.24, 2.45) is 5.92 Å². The Balaban J connectivity index is 0.00000220. The largest absolute Gasteiger partial charge is 0.319 e. The van der Waals surface area contributed by atoms with Crippen molar-refractivity contribution in [3.05, 3.63) is 28.2 Å². The molecule has 7 heteroatoms. The van der Waals surface area contributed by atoms with Crippen molar-refractivity contribution in [3.8, 4) is 0 Å². The molecule has 1 aliphatic heterocycles. The van der Waals surface area contributed by atoms with Crippen LogP contribution in [0.5, 0.6) is 0 Å². The van der Waals surface area contributed by atoms with Crippen molar-refractivity contribution in [2.75, 3.05) is 26.7 Å². The van der Waals surface area contributed by atoms with E-state index in [-0.39, 0.29) is 12.4 Å². The highest BCUT2D eigenvalue weighted by molar-refractivity contribution is 9.10. The third-order valence-electron chi connectivity index (χ3n) is 3.76. The highest BCUT2D eigenvalue weighted by Crippen LogP contribution is 2.26. The lowest BCUT2D eigenvalue weighted by Crippen LogP contribution is -2.42. The number of halogens is 2. The number of nitrogens with one attached hydrogen (secondary N) is 1. The zero-order valence-electron chi connectivity index (χ0n) is 12.3. The van der Waals surface area contributed by atoms with Crippen LogP contribution < -0.4 is 5.32 Å². The van der Waals surface area contributed by atoms with Crippen LogP contribution >= 0.6 is 28.3 Å². The highest BCUT2D eigenvalue weighted by atomic mass is 79.9. The van der Waals surface area contributed by atoms with Gasteiger partial charge in [-0.05, 0) is 57.0 Å². The highest BCUT2D eigenvalue weighted by Gasteiger charge is 2.30. The molecule has 1 aromatic carbocycles. The molecule has 0 radical (unpaired) electrons. The molecule has 0 aliphatic carbocycles. The molecule has 1 unspecified atom stereocenters. The van der Waals surface area contributed by atoms with E-state index in [1.165, 1.54) is 0 Å². The van der Waals surface area contributed by atoms with E-state index in [4.69, 9.17) is 0 Å². The Morgan fingerprint density at radius 2 is 2.14 bits per heavy atom. The van der Waals surface area contributed by atoms with E-state index >= 15 is 0 Å². The van der Waals surface area contributed by atoms with Gasteiger partial charge in [-0.3, -0.25) is 0 Å². The Morgan fingerprint density at radius 3 is 2.76 bits per heavy atom. The Bertz CT molecular complexity index is 578. The smallest absolute Gasteiger partial charge is 0.243 e. The summed E-state index contributed by atoms with van der Waals surface area (Å²) >= 11 is 3.41. The SMILES string of the molecule is CNCC1CCCN(S(=O)(=O)c2ccc(C)c(Br)c2)C1.Cl. The van der Waals surface area contributed by atoms with E-state index in [1.807, 2.05) is 20.0 Å². The summed E-state index contributed by atoms with van der Waals surface area (Å²) in [6, 6.07) is 5.23. The van der Waals surface area contributed by atoms with Gasteiger partial charge in [-0.1, -0.05) is 22.0 Å². The van der Waals surface area contributed by atoms with Crippen LogP contribution in [0.15, 0.2) is 27.6 Å². The summed E-state index contributed by atoms with van der Waals surface area (Å²) in [5.74, 6) is 0.400. The Morgan fingerprint density at radius 1 is 1.43 bits per heavy atom. The van der Waals surface area contributed by atoms with Crippen LogP contribution in [0.1, 0.15) is 18.4 Å². The quantitative estimate of drug-likeness (QED) is 0.850. The second kappa shape index (κ2) is 7.92. The van der Waals surface area contributed by atoms with Crippen LogP contribution in [0.3, 0.4) is 0 Å². The van der Waals surface area contributed by atoms with E-state index in [1.54, 1.807) is 16.4 Å². The van der Waals surface area contributed by atoms with Gasteiger partial charge >= 0.3 is 0 Å². The summed E-state index contributed by atoms with van der Waals surface area (Å²) in [6.45, 7) is 4.04. The van der Waals surface area contributed by atoms with Crippen LogP contribution in [0, 0.1) is 12.8 Å². The van der Waals surface area contributed by atoms with Gasteiger partial charge in [0.1, 0.15) is 0 Å². The van der Waals surface area contributed by atoms with Crippen molar-refractivity contribution >= 4 is 38.4 Å². The molecule has 0 bridgehead atoms. The van der Waals surface area contributed by atoms with Gasteiger partial charge in [0, 0.05) is 17.6 Å². The normalized spacial score (nSPS) is 20.0. The molecule has 0 saturated carbocycles. The zero-order valence-corrected chi connectivity index (χ0v) is 15.5. The summed E-state index contributed by atoms with van der Waals surface area (Å²) in [6.07, 6.45) is 2.02. The molecule has 2 rings (SSSR count). The number of aryl methyl sites for hydroxylation is 1. The molecule has 1 atom stereocenters. The van der Waals surface area contributed by atoms with Crippen molar-refractivity contribution in [2.45, 2.75) is 24.7 Å². The molecule has 1 fully saturated rings. The van der Waals surface area contributed by atoms with Gasteiger partial charge in [0.25, 0.3) is 0 Å². The second-order valence-corrected chi connectivity index (χ2v) is 8.13. The fourth-order valence-electron chi connectivity index (χ4n) is 2.58. The number of benzene rings is 1. The minimum Gasteiger partial charge on any atom is -0.319 e. The fourth-order valence-corrected chi connectivity index (χ4v) is 4.70. The number of sulfonamides is 1. The van der Waals surface area contributed by atoms with Gasteiger partial charge in [-0.15, -0.1) is 12.4 Å². The lowest BCUT2D eigenvalue weighted by Gasteiger charge is -2.31. The average molecular weight is 398 g/mol. The van der Waals surface area contributed by atoms with Crippen LogP contribution in [0.4, 0.5) is 0 Å². The van der Waals surface area contributed by atoms with Crippen molar-refractivity contribution in [3.63, 3.8) is 0 Å². The molecule has 1 saturated heterocycles. The maximum Gasteiger partial charge on any atom is 0.243 e. The predicted octanol–water partition coefficient (Wildman–Crippen LogP) is 2.80. The van der Waals surface area contributed by atoms with Crippen LogP contribution in [-0.4, -0.2) is 39.4 Å². The molecule has 1 heterocycles. The van der Waals surface area contributed by atoms with Gasteiger partial charge in [0.2, 0.25) is 10.0 Å². The number of rotatable bonds is 4. The first-order chi connectivity index (χ1) is 9.45. The van der Waals surface area contributed by atoms with Crippen LogP contribution in [-0.2, 0) is 10.0 Å². The first-order valence-corrected chi connectivity index (χ1v) is 9.09. The minimum absolute atomic E-state index is 0. The van der Waals surface area contributed by atoms with E-state index in [0.29, 0.717) is 23.9 Å². The molecule has 0 amide bonds. The molecule has 1 N–H and O–H groups in total. The summed E-state index contributed by atoms with van der Waals surface area (Å²) in [5.41, 5.74) is 1.04. The monoisotopic (exact) mass is 396 g/mol. The summed E-state index contributed by atoms with van der Waals surface area (Å²) in [7, 11) is -1.47. The maximum atomic E-state index is 12.7. The molecular weight excluding hydrogens is 376 g/mol. The number of piperidine rings is 1. The van der Waals surface area contributed by atoms with Crippen molar-refractivity contribution < 1.29 is 8.42 Å². The number of hydrogen-bond donors (Lipinski definition) is 1. The first-order valence-electron chi connectivity index (χ1n) is 6.86. The topological polar surface area (TPSA) is 49.4 Å². The summed E-state index contributed by atoms with van der Waals surface area (Å²) in [5, 5.41) is 3.14. The van der Waals surface area contributed by atoms with Crippen molar-refractivity contribution in [1.29, 1.82) is 0 Å². The maximum absolute atomic E-state index is 12.7. The van der Waals surface area contributed by atoms with Gasteiger partial charge < -0.3 is 5.32 Å². The number of nitrogens with zero attached hydrogens (tertiary/aromatic N) is 1.